The maximum Gasteiger partial charge on any atom is 0.269 e. The number of rotatable bonds is 3. The summed E-state index contributed by atoms with van der Waals surface area (Å²) in [6, 6.07) is 18.7. The summed E-state index contributed by atoms with van der Waals surface area (Å²) < 4.78 is 2.18. The van der Waals surface area contributed by atoms with Gasteiger partial charge in [-0.15, -0.1) is 0 Å². The van der Waals surface area contributed by atoms with Crippen molar-refractivity contribution in [3.8, 4) is 0 Å². The number of aryl methyl sites for hydroxylation is 1. The number of nitrogens with one attached hydrogen (secondary N) is 1. The van der Waals surface area contributed by atoms with Gasteiger partial charge in [-0.05, 0) is 54.5 Å². The van der Waals surface area contributed by atoms with Crippen LogP contribution in [0, 0.1) is 17.0 Å². The van der Waals surface area contributed by atoms with Gasteiger partial charge in [0.25, 0.3) is 5.69 Å². The fourth-order valence-electron chi connectivity index (χ4n) is 3.68. The molecule has 7 heteroatoms. The molecule has 28 heavy (non-hydrogen) atoms. The SMILES string of the molecule is Cc1cccc(NC(=S)N2CCn3cccc3[C@@H]2c2cccc([N+](=O)[O-])c2)c1. The fraction of sp³-hybridized carbons (Fsp3) is 0.190. The maximum absolute atomic E-state index is 11.3. The van der Waals surface area contributed by atoms with E-state index in [1.165, 1.54) is 6.07 Å². The summed E-state index contributed by atoms with van der Waals surface area (Å²) in [6.07, 6.45) is 2.04. The number of nitro benzene ring substituents is 1. The van der Waals surface area contributed by atoms with Crippen LogP contribution >= 0.6 is 12.2 Å². The normalized spacial score (nSPS) is 15.8. The molecule has 1 aliphatic rings. The number of thiocarbonyl (C=S) groups is 1. The molecule has 0 spiro atoms. The summed E-state index contributed by atoms with van der Waals surface area (Å²) in [5, 5.41) is 15.2. The zero-order valence-corrected chi connectivity index (χ0v) is 16.2. The molecule has 1 aromatic heterocycles. The highest BCUT2D eigenvalue weighted by Gasteiger charge is 2.31. The van der Waals surface area contributed by atoms with Gasteiger partial charge in [0.2, 0.25) is 0 Å². The Hall–Kier alpha value is -3.19. The molecule has 0 bridgehead atoms. The lowest BCUT2D eigenvalue weighted by molar-refractivity contribution is -0.384. The third-order valence-corrected chi connectivity index (χ3v) is 5.30. The van der Waals surface area contributed by atoms with Crippen LogP contribution in [0.5, 0.6) is 0 Å². The minimum absolute atomic E-state index is 0.0821. The number of non-ortho nitro benzene ring substituents is 1. The van der Waals surface area contributed by atoms with E-state index < -0.39 is 0 Å². The number of hydrogen-bond acceptors (Lipinski definition) is 3. The lowest BCUT2D eigenvalue weighted by Crippen LogP contribution is -2.44. The molecule has 3 aromatic rings. The maximum atomic E-state index is 11.3. The Balaban J connectivity index is 1.70. The van der Waals surface area contributed by atoms with Crippen LogP contribution < -0.4 is 5.32 Å². The zero-order chi connectivity index (χ0) is 19.7. The molecule has 0 fully saturated rings. The second-order valence-electron chi connectivity index (χ2n) is 6.87. The molecule has 0 unspecified atom stereocenters. The number of benzene rings is 2. The minimum atomic E-state index is -0.362. The quantitative estimate of drug-likeness (QED) is 0.404. The summed E-state index contributed by atoms with van der Waals surface area (Å²) in [5.74, 6) is 0. The fourth-order valence-corrected chi connectivity index (χ4v) is 3.99. The predicted octanol–water partition coefficient (Wildman–Crippen LogP) is 4.51. The summed E-state index contributed by atoms with van der Waals surface area (Å²) >= 11 is 5.74. The van der Waals surface area contributed by atoms with Gasteiger partial charge >= 0.3 is 0 Å². The van der Waals surface area contributed by atoms with Crippen molar-refractivity contribution in [3.05, 3.63) is 93.8 Å². The predicted molar refractivity (Wildman–Crippen MR) is 113 cm³/mol. The summed E-state index contributed by atoms with van der Waals surface area (Å²) in [5.41, 5.74) is 4.08. The molecular weight excluding hydrogens is 372 g/mol. The molecule has 4 rings (SSSR count). The van der Waals surface area contributed by atoms with Crippen LogP contribution in [-0.2, 0) is 6.54 Å². The number of fused-ring (bicyclic) bond motifs is 1. The highest BCUT2D eigenvalue weighted by atomic mass is 32.1. The van der Waals surface area contributed by atoms with Crippen molar-refractivity contribution in [2.24, 2.45) is 0 Å². The number of nitro groups is 1. The number of aromatic nitrogens is 1. The first kappa shape index (κ1) is 18.2. The summed E-state index contributed by atoms with van der Waals surface area (Å²) in [6.45, 7) is 3.56. The zero-order valence-electron chi connectivity index (χ0n) is 15.4. The Bertz CT molecular complexity index is 1050. The van der Waals surface area contributed by atoms with E-state index in [9.17, 15) is 10.1 Å². The third kappa shape index (κ3) is 3.48. The molecular formula is C21H20N4O2S. The molecule has 0 aliphatic carbocycles. The second-order valence-corrected chi connectivity index (χ2v) is 7.26. The lowest BCUT2D eigenvalue weighted by Gasteiger charge is -2.39. The Morgan fingerprint density at radius 1 is 1.14 bits per heavy atom. The Labute approximate surface area is 168 Å². The summed E-state index contributed by atoms with van der Waals surface area (Å²) in [7, 11) is 0. The van der Waals surface area contributed by atoms with Gasteiger partial charge in [-0.1, -0.05) is 24.3 Å². The van der Waals surface area contributed by atoms with E-state index in [-0.39, 0.29) is 16.7 Å². The van der Waals surface area contributed by atoms with Gasteiger partial charge in [-0.2, -0.15) is 0 Å². The van der Waals surface area contributed by atoms with E-state index in [4.69, 9.17) is 12.2 Å². The average molecular weight is 392 g/mol. The molecule has 0 saturated heterocycles. The highest BCUT2D eigenvalue weighted by molar-refractivity contribution is 7.80. The van der Waals surface area contributed by atoms with Crippen molar-refractivity contribution >= 4 is 28.7 Å². The molecule has 0 radical (unpaired) electrons. The van der Waals surface area contributed by atoms with E-state index in [0.29, 0.717) is 11.7 Å². The second kappa shape index (κ2) is 7.44. The topological polar surface area (TPSA) is 63.3 Å². The van der Waals surface area contributed by atoms with Crippen LogP contribution in [-0.4, -0.2) is 26.0 Å². The average Bonchev–Trinajstić information content (AvgIpc) is 3.16. The molecule has 2 heterocycles. The number of anilines is 1. The Morgan fingerprint density at radius 3 is 2.75 bits per heavy atom. The van der Waals surface area contributed by atoms with Gasteiger partial charge < -0.3 is 14.8 Å². The molecule has 2 aromatic carbocycles. The highest BCUT2D eigenvalue weighted by Crippen LogP contribution is 2.34. The largest absolute Gasteiger partial charge is 0.348 e. The molecule has 0 amide bonds. The van der Waals surface area contributed by atoms with E-state index in [2.05, 4.69) is 14.8 Å². The van der Waals surface area contributed by atoms with Crippen LogP contribution in [0.3, 0.4) is 0 Å². The Kier molecular flexibility index (Phi) is 4.83. The van der Waals surface area contributed by atoms with Crippen LogP contribution in [0.15, 0.2) is 66.9 Å². The van der Waals surface area contributed by atoms with Gasteiger partial charge in [-0.3, -0.25) is 10.1 Å². The van der Waals surface area contributed by atoms with E-state index >= 15 is 0 Å². The van der Waals surface area contributed by atoms with E-state index in [1.807, 2.05) is 55.6 Å². The number of hydrogen-bond donors (Lipinski definition) is 1. The van der Waals surface area contributed by atoms with Crippen LogP contribution in [0.4, 0.5) is 11.4 Å². The van der Waals surface area contributed by atoms with Crippen molar-refractivity contribution in [2.45, 2.75) is 19.5 Å². The molecule has 1 N–H and O–H groups in total. The number of nitrogens with zero attached hydrogens (tertiary/aromatic N) is 3. The van der Waals surface area contributed by atoms with E-state index in [0.717, 1.165) is 29.1 Å². The van der Waals surface area contributed by atoms with Gasteiger partial charge in [0.15, 0.2) is 5.11 Å². The first-order chi connectivity index (χ1) is 13.5. The lowest BCUT2D eigenvalue weighted by atomic mass is 10.00. The molecule has 1 atom stereocenters. The first-order valence-corrected chi connectivity index (χ1v) is 9.47. The summed E-state index contributed by atoms with van der Waals surface area (Å²) in [4.78, 5) is 13.0. The van der Waals surface area contributed by atoms with Crippen molar-refractivity contribution < 1.29 is 4.92 Å². The van der Waals surface area contributed by atoms with Crippen LogP contribution in [0.1, 0.15) is 22.9 Å². The molecule has 142 valence electrons. The molecule has 1 aliphatic heterocycles. The Morgan fingerprint density at radius 2 is 1.96 bits per heavy atom. The van der Waals surface area contributed by atoms with Gasteiger partial charge in [0, 0.05) is 42.8 Å². The van der Waals surface area contributed by atoms with Crippen molar-refractivity contribution in [3.63, 3.8) is 0 Å². The smallest absolute Gasteiger partial charge is 0.269 e. The first-order valence-electron chi connectivity index (χ1n) is 9.06. The molecule has 6 nitrogen and oxygen atoms in total. The minimum Gasteiger partial charge on any atom is -0.348 e. The van der Waals surface area contributed by atoms with Crippen LogP contribution in [0.2, 0.25) is 0 Å². The van der Waals surface area contributed by atoms with Crippen molar-refractivity contribution in [1.82, 2.24) is 9.47 Å². The monoisotopic (exact) mass is 392 g/mol. The third-order valence-electron chi connectivity index (χ3n) is 4.97. The van der Waals surface area contributed by atoms with Gasteiger partial charge in [0.05, 0.1) is 11.0 Å². The van der Waals surface area contributed by atoms with Gasteiger partial charge in [0.1, 0.15) is 0 Å². The van der Waals surface area contributed by atoms with Crippen LogP contribution in [0.25, 0.3) is 0 Å². The molecule has 0 saturated carbocycles. The van der Waals surface area contributed by atoms with Crippen molar-refractivity contribution in [1.29, 1.82) is 0 Å². The van der Waals surface area contributed by atoms with E-state index in [1.54, 1.807) is 12.1 Å². The van der Waals surface area contributed by atoms with Crippen molar-refractivity contribution in [2.75, 3.05) is 11.9 Å². The standard InChI is InChI=1S/C21H20N4O2S/c1-15-5-2-7-17(13-15)22-21(28)24-12-11-23-10-4-9-19(23)20(24)16-6-3-8-18(14-16)25(26)27/h2-10,13-14,20H,11-12H2,1H3,(H,22,28)/t20-/m0/s1. The van der Waals surface area contributed by atoms with Gasteiger partial charge in [-0.25, -0.2) is 0 Å².